The van der Waals surface area contributed by atoms with E-state index in [0.717, 1.165) is 5.69 Å². The second-order valence-corrected chi connectivity index (χ2v) is 4.55. The molecule has 0 N–H and O–H groups in total. The Morgan fingerprint density at radius 3 is 2.62 bits per heavy atom. The topological polar surface area (TPSA) is 97.6 Å². The highest BCUT2D eigenvalue weighted by atomic mass is 16.6. The van der Waals surface area contributed by atoms with E-state index in [1.54, 1.807) is 19.1 Å². The van der Waals surface area contributed by atoms with Gasteiger partial charge in [0.1, 0.15) is 17.5 Å². The quantitative estimate of drug-likeness (QED) is 0.635. The van der Waals surface area contributed by atoms with Crippen molar-refractivity contribution in [3.63, 3.8) is 0 Å². The highest BCUT2D eigenvalue weighted by Crippen LogP contribution is 2.27. The van der Waals surface area contributed by atoms with Crippen LogP contribution in [0.15, 0.2) is 12.1 Å². The van der Waals surface area contributed by atoms with Crippen LogP contribution in [0.1, 0.15) is 36.5 Å². The Balaban J connectivity index is 2.79. The van der Waals surface area contributed by atoms with E-state index in [2.05, 4.69) is 16.2 Å². The third-order valence-corrected chi connectivity index (χ3v) is 3.21. The maximum Gasteiger partial charge on any atom is 0.313 e. The zero-order valence-corrected chi connectivity index (χ0v) is 12.1. The number of hydrogen-bond acceptors (Lipinski definition) is 5. The maximum absolute atomic E-state index is 11.3. The van der Waals surface area contributed by atoms with Crippen molar-refractivity contribution in [2.75, 3.05) is 0 Å². The van der Waals surface area contributed by atoms with Crippen molar-refractivity contribution in [2.24, 2.45) is 0 Å². The Hall–Kier alpha value is -2.75. The minimum atomic E-state index is -0.414. The van der Waals surface area contributed by atoms with E-state index in [4.69, 9.17) is 0 Å². The average molecular weight is 285 g/mol. The summed E-state index contributed by atoms with van der Waals surface area (Å²) in [5, 5.41) is 24.8. The number of nitrogens with zero attached hydrogens (tertiary/aromatic N) is 5. The molecule has 0 spiro atoms. The Morgan fingerprint density at radius 1 is 1.38 bits per heavy atom. The molecule has 2 heterocycles. The molecular weight excluding hydrogens is 270 g/mol. The lowest BCUT2D eigenvalue weighted by molar-refractivity contribution is -0.386. The van der Waals surface area contributed by atoms with Gasteiger partial charge in [-0.3, -0.25) is 10.1 Å². The van der Waals surface area contributed by atoms with Gasteiger partial charge in [0.25, 0.3) is 0 Å². The molecule has 108 valence electrons. The molecule has 0 unspecified atom stereocenters. The van der Waals surface area contributed by atoms with Crippen LogP contribution in [0.4, 0.5) is 5.69 Å². The molecule has 0 aliphatic rings. The van der Waals surface area contributed by atoms with E-state index in [9.17, 15) is 15.4 Å². The number of hydrogen-bond donors (Lipinski definition) is 0. The minimum Gasteiger partial charge on any atom is -0.258 e. The molecule has 0 bridgehead atoms. The second kappa shape index (κ2) is 5.71. The van der Waals surface area contributed by atoms with Gasteiger partial charge in [0.05, 0.1) is 10.5 Å². The molecule has 0 saturated heterocycles. The highest BCUT2D eigenvalue weighted by molar-refractivity contribution is 5.50. The summed E-state index contributed by atoms with van der Waals surface area (Å²) in [7, 11) is 0. The fraction of sp³-hybridized carbons (Fsp3) is 0.357. The zero-order valence-electron chi connectivity index (χ0n) is 12.1. The summed E-state index contributed by atoms with van der Waals surface area (Å²) < 4.78 is 1.43. The summed E-state index contributed by atoms with van der Waals surface area (Å²) in [5.41, 5.74) is 1.96. The van der Waals surface area contributed by atoms with E-state index in [1.807, 2.05) is 13.8 Å². The SMILES string of the molecule is CCc1nn(-c2nc(C)ccc2C#N)c(CC)c1[N+](=O)[O-]. The van der Waals surface area contributed by atoms with Crippen LogP contribution in [0.5, 0.6) is 0 Å². The van der Waals surface area contributed by atoms with Crippen molar-refractivity contribution < 1.29 is 4.92 Å². The van der Waals surface area contributed by atoms with E-state index in [1.165, 1.54) is 4.68 Å². The van der Waals surface area contributed by atoms with Crippen LogP contribution < -0.4 is 0 Å². The lowest BCUT2D eigenvalue weighted by atomic mass is 10.2. The van der Waals surface area contributed by atoms with E-state index in [0.29, 0.717) is 35.6 Å². The molecule has 0 aliphatic heterocycles. The van der Waals surface area contributed by atoms with Crippen LogP contribution >= 0.6 is 0 Å². The lowest BCUT2D eigenvalue weighted by Crippen LogP contribution is -2.08. The lowest BCUT2D eigenvalue weighted by Gasteiger charge is -2.07. The molecule has 7 heteroatoms. The third-order valence-electron chi connectivity index (χ3n) is 3.21. The van der Waals surface area contributed by atoms with Crippen molar-refractivity contribution in [2.45, 2.75) is 33.6 Å². The summed E-state index contributed by atoms with van der Waals surface area (Å²) in [5.74, 6) is 0.345. The standard InChI is InChI=1S/C14H15N5O2/c1-4-11-13(19(20)21)12(5-2)18(17-11)14-10(8-15)7-6-9(3)16-14/h6-7H,4-5H2,1-3H3. The van der Waals surface area contributed by atoms with Gasteiger partial charge in [0.2, 0.25) is 0 Å². The average Bonchev–Trinajstić information content (AvgIpc) is 2.85. The molecule has 2 aromatic rings. The van der Waals surface area contributed by atoms with Crippen LogP contribution in [-0.4, -0.2) is 19.7 Å². The predicted molar refractivity (Wildman–Crippen MR) is 76.2 cm³/mol. The first-order valence-electron chi connectivity index (χ1n) is 6.66. The molecule has 2 rings (SSSR count). The number of nitriles is 1. The normalized spacial score (nSPS) is 10.4. The molecule has 0 fully saturated rings. The molecule has 0 aromatic carbocycles. The van der Waals surface area contributed by atoms with Crippen molar-refractivity contribution >= 4 is 5.69 Å². The Kier molecular flexibility index (Phi) is 3.98. The van der Waals surface area contributed by atoms with Gasteiger partial charge >= 0.3 is 5.69 Å². The number of nitro groups is 1. The van der Waals surface area contributed by atoms with E-state index in [-0.39, 0.29) is 5.69 Å². The smallest absolute Gasteiger partial charge is 0.258 e. The monoisotopic (exact) mass is 285 g/mol. The van der Waals surface area contributed by atoms with Crippen LogP contribution in [0.2, 0.25) is 0 Å². The first-order valence-corrected chi connectivity index (χ1v) is 6.66. The van der Waals surface area contributed by atoms with Crippen molar-refractivity contribution in [1.82, 2.24) is 14.8 Å². The first-order chi connectivity index (χ1) is 10.0. The first kappa shape index (κ1) is 14.7. The van der Waals surface area contributed by atoms with Crippen LogP contribution in [0.25, 0.3) is 5.82 Å². The number of pyridine rings is 1. The molecular formula is C14H15N5O2. The Bertz CT molecular complexity index is 743. The summed E-state index contributed by atoms with van der Waals surface area (Å²) >= 11 is 0. The van der Waals surface area contributed by atoms with E-state index >= 15 is 0 Å². The van der Waals surface area contributed by atoms with Gasteiger partial charge < -0.3 is 0 Å². The molecule has 2 aromatic heterocycles. The number of rotatable bonds is 4. The molecule has 7 nitrogen and oxygen atoms in total. The molecule has 0 radical (unpaired) electrons. The van der Waals surface area contributed by atoms with Gasteiger partial charge in [0.15, 0.2) is 5.82 Å². The van der Waals surface area contributed by atoms with Crippen molar-refractivity contribution in [1.29, 1.82) is 5.26 Å². The summed E-state index contributed by atoms with van der Waals surface area (Å²) in [4.78, 5) is 15.2. The number of aryl methyl sites for hydroxylation is 2. The Labute approximate surface area is 122 Å². The van der Waals surface area contributed by atoms with Crippen LogP contribution in [0, 0.1) is 28.4 Å². The summed E-state index contributed by atoms with van der Waals surface area (Å²) in [6, 6.07) is 5.43. The second-order valence-electron chi connectivity index (χ2n) is 4.55. The largest absolute Gasteiger partial charge is 0.313 e. The van der Waals surface area contributed by atoms with E-state index < -0.39 is 4.92 Å². The molecule has 21 heavy (non-hydrogen) atoms. The van der Waals surface area contributed by atoms with Gasteiger partial charge in [-0.1, -0.05) is 13.8 Å². The van der Waals surface area contributed by atoms with Crippen LogP contribution in [-0.2, 0) is 12.8 Å². The fourth-order valence-electron chi connectivity index (χ4n) is 2.23. The highest BCUT2D eigenvalue weighted by Gasteiger charge is 2.27. The van der Waals surface area contributed by atoms with Gasteiger partial charge in [-0.15, -0.1) is 0 Å². The minimum absolute atomic E-state index is 0.0206. The molecule has 0 saturated carbocycles. The third kappa shape index (κ3) is 2.48. The maximum atomic E-state index is 11.3. The van der Waals surface area contributed by atoms with Gasteiger partial charge in [-0.25, -0.2) is 9.67 Å². The van der Waals surface area contributed by atoms with Gasteiger partial charge in [-0.05, 0) is 31.9 Å². The van der Waals surface area contributed by atoms with Gasteiger partial charge in [0, 0.05) is 5.69 Å². The van der Waals surface area contributed by atoms with Gasteiger partial charge in [-0.2, -0.15) is 10.4 Å². The summed E-state index contributed by atoms with van der Waals surface area (Å²) in [6.45, 7) is 5.44. The zero-order chi connectivity index (χ0) is 15.6. The summed E-state index contributed by atoms with van der Waals surface area (Å²) in [6.07, 6.45) is 0.883. The Morgan fingerprint density at radius 2 is 2.10 bits per heavy atom. The molecule has 0 amide bonds. The number of aromatic nitrogens is 3. The predicted octanol–water partition coefficient (Wildman–Crippen LogP) is 2.48. The van der Waals surface area contributed by atoms with Crippen molar-refractivity contribution in [3.05, 3.63) is 44.9 Å². The molecule has 0 aliphatic carbocycles. The fourth-order valence-corrected chi connectivity index (χ4v) is 2.23. The van der Waals surface area contributed by atoms with Crippen molar-refractivity contribution in [3.8, 4) is 11.9 Å². The van der Waals surface area contributed by atoms with Crippen LogP contribution in [0.3, 0.4) is 0 Å². The molecule has 0 atom stereocenters.